The van der Waals surface area contributed by atoms with Crippen LogP contribution in [0.25, 0.3) is 0 Å². The van der Waals surface area contributed by atoms with Crippen LogP contribution in [-0.4, -0.2) is 33.1 Å². The van der Waals surface area contributed by atoms with Crippen LogP contribution in [0.4, 0.5) is 5.13 Å². The molecule has 0 radical (unpaired) electrons. The molecule has 2 rings (SSSR count). The van der Waals surface area contributed by atoms with Crippen molar-refractivity contribution in [3.8, 4) is 0 Å². The number of likely N-dealkylation sites (tertiary alicyclic amines) is 1. The highest BCUT2D eigenvalue weighted by Gasteiger charge is 2.36. The fraction of sp³-hybridized carbons (Fsp3) is 0.667. The van der Waals surface area contributed by atoms with Crippen LogP contribution in [0.2, 0.25) is 0 Å². The first-order chi connectivity index (χ1) is 7.00. The Kier molecular flexibility index (Phi) is 2.38. The van der Waals surface area contributed by atoms with Gasteiger partial charge in [-0.05, 0) is 26.7 Å². The number of aromatic nitrogens is 2. The first kappa shape index (κ1) is 10.4. The maximum absolute atomic E-state index is 12.1. The van der Waals surface area contributed by atoms with E-state index < -0.39 is 0 Å². The Morgan fingerprint density at radius 3 is 2.73 bits per heavy atom. The van der Waals surface area contributed by atoms with E-state index in [0.717, 1.165) is 30.7 Å². The van der Waals surface area contributed by atoms with Crippen LogP contribution in [0.1, 0.15) is 36.5 Å². The highest BCUT2D eigenvalue weighted by atomic mass is 32.1. The van der Waals surface area contributed by atoms with Crippen molar-refractivity contribution < 1.29 is 4.79 Å². The molecular formula is C9H14N4OS. The summed E-state index contributed by atoms with van der Waals surface area (Å²) in [5.74, 6) is -0.0494. The molecule has 0 atom stereocenters. The highest BCUT2D eigenvalue weighted by molar-refractivity contribution is 7.16. The van der Waals surface area contributed by atoms with Gasteiger partial charge in [0.25, 0.3) is 5.91 Å². The van der Waals surface area contributed by atoms with E-state index in [2.05, 4.69) is 24.0 Å². The van der Waals surface area contributed by atoms with Crippen LogP contribution < -0.4 is 5.73 Å². The summed E-state index contributed by atoms with van der Waals surface area (Å²) in [4.78, 5) is 13.9. The van der Waals surface area contributed by atoms with Crippen LogP contribution in [0.15, 0.2) is 0 Å². The summed E-state index contributed by atoms with van der Waals surface area (Å²) in [5.41, 5.74) is 5.38. The van der Waals surface area contributed by atoms with Gasteiger partial charge in [0.1, 0.15) is 0 Å². The lowest BCUT2D eigenvalue weighted by Gasteiger charge is -2.30. The summed E-state index contributed by atoms with van der Waals surface area (Å²) in [6.07, 6.45) is 2.08. The van der Waals surface area contributed by atoms with E-state index in [1.807, 2.05) is 4.90 Å². The van der Waals surface area contributed by atoms with Crippen LogP contribution in [0, 0.1) is 0 Å². The summed E-state index contributed by atoms with van der Waals surface area (Å²) < 4.78 is 0. The Hall–Kier alpha value is -1.17. The molecule has 0 bridgehead atoms. The zero-order valence-corrected chi connectivity index (χ0v) is 9.67. The molecule has 0 saturated carbocycles. The maximum atomic E-state index is 12.1. The molecule has 15 heavy (non-hydrogen) atoms. The van der Waals surface area contributed by atoms with Crippen molar-refractivity contribution in [2.24, 2.45) is 0 Å². The number of rotatable bonds is 1. The molecule has 2 N–H and O–H groups in total. The average molecular weight is 226 g/mol. The molecule has 82 valence electrons. The Morgan fingerprint density at radius 2 is 2.27 bits per heavy atom. The highest BCUT2D eigenvalue weighted by Crippen LogP contribution is 2.30. The van der Waals surface area contributed by atoms with Gasteiger partial charge in [0.15, 0.2) is 0 Å². The Morgan fingerprint density at radius 1 is 1.53 bits per heavy atom. The molecule has 1 amide bonds. The first-order valence-electron chi connectivity index (χ1n) is 4.92. The zero-order valence-electron chi connectivity index (χ0n) is 8.86. The van der Waals surface area contributed by atoms with Gasteiger partial charge in [-0.2, -0.15) is 0 Å². The SMILES string of the molecule is CC1(C)CCCN1C(=O)c1nnc(N)s1. The average Bonchev–Trinajstić information content (AvgIpc) is 2.70. The van der Waals surface area contributed by atoms with Crippen LogP contribution in [0.3, 0.4) is 0 Å². The van der Waals surface area contributed by atoms with E-state index >= 15 is 0 Å². The molecule has 1 aromatic rings. The second-order valence-electron chi connectivity index (χ2n) is 4.32. The number of amides is 1. The van der Waals surface area contributed by atoms with Crippen LogP contribution >= 0.6 is 11.3 Å². The van der Waals surface area contributed by atoms with E-state index in [-0.39, 0.29) is 11.4 Å². The van der Waals surface area contributed by atoms with Crippen molar-refractivity contribution >= 4 is 22.4 Å². The minimum atomic E-state index is -0.0719. The number of nitrogens with zero attached hydrogens (tertiary/aromatic N) is 3. The Bertz CT molecular complexity index is 387. The molecule has 0 aromatic carbocycles. The third-order valence-corrected chi connectivity index (χ3v) is 3.51. The first-order valence-corrected chi connectivity index (χ1v) is 5.73. The number of carbonyl (C=O) groups excluding carboxylic acids is 1. The van der Waals surface area contributed by atoms with E-state index in [1.54, 1.807) is 0 Å². The van der Waals surface area contributed by atoms with E-state index in [0.29, 0.717) is 10.1 Å². The largest absolute Gasteiger partial charge is 0.374 e. The van der Waals surface area contributed by atoms with Crippen molar-refractivity contribution in [3.63, 3.8) is 0 Å². The molecule has 1 saturated heterocycles. The molecule has 1 aliphatic heterocycles. The van der Waals surface area contributed by atoms with E-state index in [4.69, 9.17) is 5.73 Å². The number of nitrogens with two attached hydrogens (primary N) is 1. The minimum absolute atomic E-state index is 0.0494. The molecule has 1 aliphatic rings. The lowest BCUT2D eigenvalue weighted by atomic mass is 10.0. The molecule has 1 aromatic heterocycles. The second kappa shape index (κ2) is 3.44. The normalized spacial score (nSPS) is 19.5. The molecule has 0 aliphatic carbocycles. The Balaban J connectivity index is 2.21. The van der Waals surface area contributed by atoms with Crippen LogP contribution in [0.5, 0.6) is 0 Å². The quantitative estimate of drug-likeness (QED) is 0.779. The third kappa shape index (κ3) is 1.81. The summed E-state index contributed by atoms with van der Waals surface area (Å²) in [5, 5.41) is 8.17. The Labute approximate surface area is 92.3 Å². The van der Waals surface area contributed by atoms with Crippen molar-refractivity contribution in [1.82, 2.24) is 15.1 Å². The molecule has 1 fully saturated rings. The smallest absolute Gasteiger partial charge is 0.285 e. The van der Waals surface area contributed by atoms with Crippen molar-refractivity contribution in [3.05, 3.63) is 5.01 Å². The fourth-order valence-corrected chi connectivity index (χ4v) is 2.48. The summed E-state index contributed by atoms with van der Waals surface area (Å²) in [6.45, 7) is 4.94. The molecular weight excluding hydrogens is 212 g/mol. The fourth-order valence-electron chi connectivity index (χ4n) is 1.92. The van der Waals surface area contributed by atoms with E-state index in [9.17, 15) is 4.79 Å². The predicted molar refractivity (Wildman–Crippen MR) is 58.7 cm³/mol. The summed E-state index contributed by atoms with van der Waals surface area (Å²) in [6, 6.07) is 0. The lowest BCUT2D eigenvalue weighted by molar-refractivity contribution is 0.0650. The van der Waals surface area contributed by atoms with Gasteiger partial charge in [0.2, 0.25) is 10.1 Å². The van der Waals surface area contributed by atoms with Crippen LogP contribution in [-0.2, 0) is 0 Å². The number of carbonyl (C=O) groups is 1. The summed E-state index contributed by atoms with van der Waals surface area (Å²) >= 11 is 1.15. The van der Waals surface area contributed by atoms with Gasteiger partial charge >= 0.3 is 0 Å². The zero-order chi connectivity index (χ0) is 11.1. The molecule has 2 heterocycles. The maximum Gasteiger partial charge on any atom is 0.285 e. The van der Waals surface area contributed by atoms with Crippen molar-refractivity contribution in [2.45, 2.75) is 32.2 Å². The molecule has 6 heteroatoms. The lowest BCUT2D eigenvalue weighted by Crippen LogP contribution is -2.42. The molecule has 0 spiro atoms. The van der Waals surface area contributed by atoms with Gasteiger partial charge in [-0.3, -0.25) is 4.79 Å². The van der Waals surface area contributed by atoms with E-state index in [1.165, 1.54) is 0 Å². The van der Waals surface area contributed by atoms with Crippen molar-refractivity contribution in [2.75, 3.05) is 12.3 Å². The number of hydrogen-bond acceptors (Lipinski definition) is 5. The van der Waals surface area contributed by atoms with Crippen molar-refractivity contribution in [1.29, 1.82) is 0 Å². The third-order valence-electron chi connectivity index (χ3n) is 2.77. The van der Waals surface area contributed by atoms with Gasteiger partial charge in [0.05, 0.1) is 0 Å². The number of hydrogen-bond donors (Lipinski definition) is 1. The topological polar surface area (TPSA) is 72.1 Å². The monoisotopic (exact) mass is 226 g/mol. The summed E-state index contributed by atoms with van der Waals surface area (Å²) in [7, 11) is 0. The number of anilines is 1. The minimum Gasteiger partial charge on any atom is -0.374 e. The standard InChI is InChI=1S/C9H14N4OS/c1-9(2)4-3-5-13(9)7(14)6-11-12-8(10)15-6/h3-5H2,1-2H3,(H2,10,12). The number of nitrogen functional groups attached to an aromatic ring is 1. The molecule has 5 nitrogen and oxygen atoms in total. The van der Waals surface area contributed by atoms with Gasteiger partial charge < -0.3 is 10.6 Å². The van der Waals surface area contributed by atoms with Gasteiger partial charge in [0, 0.05) is 12.1 Å². The van der Waals surface area contributed by atoms with Gasteiger partial charge in [-0.1, -0.05) is 11.3 Å². The second-order valence-corrected chi connectivity index (χ2v) is 5.33. The molecule has 0 unspecified atom stereocenters. The predicted octanol–water partition coefficient (Wildman–Crippen LogP) is 1.13. The van der Waals surface area contributed by atoms with Gasteiger partial charge in [-0.25, -0.2) is 0 Å². The van der Waals surface area contributed by atoms with Gasteiger partial charge in [-0.15, -0.1) is 10.2 Å².